The number of hydrogen-bond acceptors (Lipinski definition) is 6. The zero-order chi connectivity index (χ0) is 59.2. The van der Waals surface area contributed by atoms with Gasteiger partial charge in [0.05, 0.1) is 0 Å². The van der Waals surface area contributed by atoms with Crippen LogP contribution >= 0.6 is 0 Å². The highest BCUT2D eigenvalue weighted by molar-refractivity contribution is 5.71. The van der Waals surface area contributed by atoms with Crippen LogP contribution in [0.15, 0.2) is 60.8 Å². The van der Waals surface area contributed by atoms with E-state index in [1.165, 1.54) is 257 Å². The molecule has 82 heavy (non-hydrogen) atoms. The highest BCUT2D eigenvalue weighted by Gasteiger charge is 2.19. The van der Waals surface area contributed by atoms with Crippen molar-refractivity contribution in [2.45, 2.75) is 393 Å². The van der Waals surface area contributed by atoms with E-state index in [9.17, 15) is 14.4 Å². The van der Waals surface area contributed by atoms with Gasteiger partial charge in [-0.3, -0.25) is 14.4 Å². The maximum atomic E-state index is 12.9. The third-order valence-electron chi connectivity index (χ3n) is 16.2. The van der Waals surface area contributed by atoms with Crippen LogP contribution in [-0.4, -0.2) is 37.2 Å². The van der Waals surface area contributed by atoms with Crippen LogP contribution in [0.1, 0.15) is 387 Å². The number of unbranched alkanes of at least 4 members (excludes halogenated alkanes) is 46. The molecule has 0 aromatic carbocycles. The lowest BCUT2D eigenvalue weighted by atomic mass is 10.0. The second-order valence-corrected chi connectivity index (χ2v) is 24.5. The normalized spacial score (nSPS) is 12.4. The van der Waals surface area contributed by atoms with Gasteiger partial charge in [0.1, 0.15) is 13.2 Å². The van der Waals surface area contributed by atoms with Crippen molar-refractivity contribution >= 4 is 17.9 Å². The fourth-order valence-corrected chi connectivity index (χ4v) is 10.8. The third kappa shape index (κ3) is 67.9. The van der Waals surface area contributed by atoms with Gasteiger partial charge in [-0.25, -0.2) is 0 Å². The first-order valence-corrected chi connectivity index (χ1v) is 36.3. The maximum Gasteiger partial charge on any atom is 0.306 e. The Hall–Kier alpha value is -2.89. The number of esters is 3. The summed E-state index contributed by atoms with van der Waals surface area (Å²) in [4.78, 5) is 38.4. The summed E-state index contributed by atoms with van der Waals surface area (Å²) < 4.78 is 17.0. The van der Waals surface area contributed by atoms with E-state index in [2.05, 4.69) is 81.5 Å². The molecule has 0 aromatic heterocycles. The lowest BCUT2D eigenvalue weighted by Crippen LogP contribution is -2.30. The summed E-state index contributed by atoms with van der Waals surface area (Å²) >= 11 is 0. The quantitative estimate of drug-likeness (QED) is 0.0261. The third-order valence-corrected chi connectivity index (χ3v) is 16.2. The summed E-state index contributed by atoms with van der Waals surface area (Å²) in [6.07, 6.45) is 91.1. The molecule has 0 rings (SSSR count). The Morgan fingerprint density at radius 3 is 0.707 bits per heavy atom. The minimum Gasteiger partial charge on any atom is -0.462 e. The van der Waals surface area contributed by atoms with Crippen molar-refractivity contribution in [3.05, 3.63) is 60.8 Å². The molecule has 0 aliphatic heterocycles. The van der Waals surface area contributed by atoms with Crippen molar-refractivity contribution < 1.29 is 28.6 Å². The van der Waals surface area contributed by atoms with Crippen LogP contribution in [-0.2, 0) is 28.6 Å². The molecule has 478 valence electrons. The van der Waals surface area contributed by atoms with E-state index in [-0.39, 0.29) is 31.1 Å². The minimum atomic E-state index is -0.779. The van der Waals surface area contributed by atoms with Crippen molar-refractivity contribution in [1.29, 1.82) is 0 Å². The predicted octanol–water partition coefficient (Wildman–Crippen LogP) is 25.1. The molecule has 1 atom stereocenters. The molecule has 0 aliphatic rings. The Labute approximate surface area is 510 Å². The highest BCUT2D eigenvalue weighted by atomic mass is 16.6. The molecular formula is C76H138O6. The second-order valence-electron chi connectivity index (χ2n) is 24.5. The SMILES string of the molecule is CCCCC/C=C\C/C=C\CCCCCCCC(=O)OCC(COC(=O)CCCCCCCCCCCCCCCCCC/C=C\C/C=C\C/C=C\CCCCCCC)OC(=O)CCCCCCCCCCCCCCCCCCCC. The van der Waals surface area contributed by atoms with Crippen molar-refractivity contribution in [2.24, 2.45) is 0 Å². The first kappa shape index (κ1) is 79.1. The summed E-state index contributed by atoms with van der Waals surface area (Å²) in [6.45, 7) is 6.66. The Morgan fingerprint density at radius 1 is 0.244 bits per heavy atom. The van der Waals surface area contributed by atoms with Crippen molar-refractivity contribution in [3.63, 3.8) is 0 Å². The van der Waals surface area contributed by atoms with Crippen LogP contribution in [0.25, 0.3) is 0 Å². The van der Waals surface area contributed by atoms with Gasteiger partial charge in [0.25, 0.3) is 0 Å². The van der Waals surface area contributed by atoms with Crippen LogP contribution in [0, 0.1) is 0 Å². The first-order chi connectivity index (χ1) is 40.5. The standard InChI is InChI=1S/C76H138O6/c1-4-7-10-13-16-19-22-25-28-30-32-33-34-35-36-37-38-39-40-41-42-43-44-46-48-51-54-57-60-63-66-69-75(78)81-72-73(71-80-74(77)68-65-62-59-56-53-50-47-27-24-21-18-15-12-9-6-3)82-76(79)70-67-64-61-58-55-52-49-45-31-29-26-23-20-17-14-11-8-5-2/h18,21-22,25,27,30,32,34-35,47,73H,4-17,19-20,23-24,26,28-29,31,33,36-46,48-72H2,1-3H3/b21-18-,25-22-,32-30-,35-34-,47-27-. The van der Waals surface area contributed by atoms with Gasteiger partial charge in [0, 0.05) is 19.3 Å². The summed E-state index contributed by atoms with van der Waals surface area (Å²) in [5, 5.41) is 0. The number of carbonyl (C=O) groups is 3. The monoisotopic (exact) mass is 1150 g/mol. The van der Waals surface area contributed by atoms with Crippen molar-refractivity contribution in [2.75, 3.05) is 13.2 Å². The molecule has 0 fully saturated rings. The van der Waals surface area contributed by atoms with E-state index in [0.29, 0.717) is 19.3 Å². The van der Waals surface area contributed by atoms with Gasteiger partial charge in [0.2, 0.25) is 0 Å². The zero-order valence-electron chi connectivity index (χ0n) is 55.0. The van der Waals surface area contributed by atoms with E-state index >= 15 is 0 Å². The van der Waals surface area contributed by atoms with Crippen molar-refractivity contribution in [3.8, 4) is 0 Å². The molecule has 6 heteroatoms. The molecule has 1 unspecified atom stereocenters. The fraction of sp³-hybridized carbons (Fsp3) is 0.829. The van der Waals surface area contributed by atoms with Crippen LogP contribution in [0.4, 0.5) is 0 Å². The Bertz CT molecular complexity index is 1460. The topological polar surface area (TPSA) is 78.9 Å². The number of ether oxygens (including phenoxy) is 3. The molecular weight excluding hydrogens is 1010 g/mol. The van der Waals surface area contributed by atoms with Crippen molar-refractivity contribution in [1.82, 2.24) is 0 Å². The summed E-state index contributed by atoms with van der Waals surface area (Å²) in [7, 11) is 0. The predicted molar refractivity (Wildman–Crippen MR) is 358 cm³/mol. The van der Waals surface area contributed by atoms with E-state index < -0.39 is 6.10 Å². The maximum absolute atomic E-state index is 12.9. The molecule has 0 radical (unpaired) electrons. The average Bonchev–Trinajstić information content (AvgIpc) is 3.47. The average molecular weight is 1150 g/mol. The molecule has 0 aromatic rings. The number of hydrogen-bond donors (Lipinski definition) is 0. The van der Waals surface area contributed by atoms with Gasteiger partial charge in [-0.1, -0.05) is 338 Å². The minimum absolute atomic E-state index is 0.0739. The Kier molecular flexibility index (Phi) is 68.1. The Balaban J connectivity index is 4.21. The molecule has 0 spiro atoms. The lowest BCUT2D eigenvalue weighted by molar-refractivity contribution is -0.167. The molecule has 0 N–H and O–H groups in total. The van der Waals surface area contributed by atoms with E-state index in [4.69, 9.17) is 14.2 Å². The van der Waals surface area contributed by atoms with Gasteiger partial charge in [-0.05, 0) is 89.9 Å². The van der Waals surface area contributed by atoms with E-state index in [0.717, 1.165) is 89.9 Å². The van der Waals surface area contributed by atoms with Crippen LogP contribution in [0.5, 0.6) is 0 Å². The van der Waals surface area contributed by atoms with E-state index in [1.807, 2.05) is 0 Å². The smallest absolute Gasteiger partial charge is 0.306 e. The van der Waals surface area contributed by atoms with Gasteiger partial charge in [0.15, 0.2) is 6.10 Å². The van der Waals surface area contributed by atoms with Gasteiger partial charge < -0.3 is 14.2 Å². The largest absolute Gasteiger partial charge is 0.462 e. The van der Waals surface area contributed by atoms with Crippen LogP contribution < -0.4 is 0 Å². The van der Waals surface area contributed by atoms with Gasteiger partial charge in [-0.2, -0.15) is 0 Å². The molecule has 0 aliphatic carbocycles. The van der Waals surface area contributed by atoms with Crippen LogP contribution in [0.3, 0.4) is 0 Å². The van der Waals surface area contributed by atoms with Gasteiger partial charge in [-0.15, -0.1) is 0 Å². The Morgan fingerprint density at radius 2 is 0.439 bits per heavy atom. The highest BCUT2D eigenvalue weighted by Crippen LogP contribution is 2.18. The number of allylic oxidation sites excluding steroid dienone is 10. The summed E-state index contributed by atoms with van der Waals surface area (Å²) in [6, 6.07) is 0. The molecule has 0 saturated carbocycles. The first-order valence-electron chi connectivity index (χ1n) is 36.3. The summed E-state index contributed by atoms with van der Waals surface area (Å²) in [5.41, 5.74) is 0. The molecule has 0 heterocycles. The molecule has 0 bridgehead atoms. The van der Waals surface area contributed by atoms with E-state index in [1.54, 1.807) is 0 Å². The van der Waals surface area contributed by atoms with Crippen LogP contribution in [0.2, 0.25) is 0 Å². The molecule has 0 saturated heterocycles. The number of carbonyl (C=O) groups excluding carboxylic acids is 3. The summed E-state index contributed by atoms with van der Waals surface area (Å²) in [5.74, 6) is -0.862. The zero-order valence-corrected chi connectivity index (χ0v) is 55.0. The molecule has 6 nitrogen and oxygen atoms in total. The van der Waals surface area contributed by atoms with Gasteiger partial charge >= 0.3 is 17.9 Å². The molecule has 0 amide bonds. The number of rotatable bonds is 67. The lowest BCUT2D eigenvalue weighted by Gasteiger charge is -2.18. The fourth-order valence-electron chi connectivity index (χ4n) is 10.8. The second kappa shape index (κ2) is 70.6.